The lowest BCUT2D eigenvalue weighted by molar-refractivity contribution is -0.128. The van der Waals surface area contributed by atoms with Crippen LogP contribution in [0, 0.1) is 0 Å². The zero-order valence-corrected chi connectivity index (χ0v) is 13.7. The van der Waals surface area contributed by atoms with Crippen molar-refractivity contribution in [2.75, 3.05) is 30.3 Å². The van der Waals surface area contributed by atoms with Gasteiger partial charge in [-0.2, -0.15) is 0 Å². The molecule has 0 saturated carbocycles. The van der Waals surface area contributed by atoms with Gasteiger partial charge < -0.3 is 15.5 Å². The van der Waals surface area contributed by atoms with Crippen LogP contribution in [0.3, 0.4) is 0 Å². The van der Waals surface area contributed by atoms with Gasteiger partial charge in [0.15, 0.2) is 0 Å². The van der Waals surface area contributed by atoms with Crippen LogP contribution in [0.25, 0.3) is 0 Å². The summed E-state index contributed by atoms with van der Waals surface area (Å²) < 4.78 is 0. The summed E-state index contributed by atoms with van der Waals surface area (Å²) in [6.45, 7) is 10.4. The Bertz CT molecular complexity index is 528. The third-order valence-corrected chi connectivity index (χ3v) is 3.14. The minimum atomic E-state index is -0.0230. The second-order valence-electron chi connectivity index (χ2n) is 5.11. The molecule has 0 aromatic heterocycles. The number of benzene rings is 1. The first-order chi connectivity index (χ1) is 11.1. The Balaban J connectivity index is 2.51. The Labute approximate surface area is 138 Å². The van der Waals surface area contributed by atoms with E-state index in [1.807, 2.05) is 31.2 Å². The van der Waals surface area contributed by atoms with Crippen molar-refractivity contribution in [3.63, 3.8) is 0 Å². The topological polar surface area (TPSA) is 61.4 Å². The number of amides is 2. The average Bonchev–Trinajstić information content (AvgIpc) is 2.54. The van der Waals surface area contributed by atoms with Crippen LogP contribution in [-0.2, 0) is 9.59 Å². The van der Waals surface area contributed by atoms with Crippen molar-refractivity contribution in [3.05, 3.63) is 49.6 Å². The highest BCUT2D eigenvalue weighted by atomic mass is 16.2. The fourth-order valence-corrected chi connectivity index (χ4v) is 2.00. The molecule has 0 unspecified atom stereocenters. The number of nitrogens with one attached hydrogen (secondary N) is 2. The number of carbonyl (C=O) groups is 2. The van der Waals surface area contributed by atoms with Gasteiger partial charge in [-0.15, -0.1) is 13.2 Å². The lowest BCUT2D eigenvalue weighted by atomic mass is 10.2. The average molecular weight is 315 g/mol. The van der Waals surface area contributed by atoms with Gasteiger partial charge in [0.25, 0.3) is 0 Å². The number of hydrogen-bond donors (Lipinski definition) is 2. The zero-order valence-electron chi connectivity index (χ0n) is 13.7. The Hall–Kier alpha value is -2.56. The van der Waals surface area contributed by atoms with E-state index < -0.39 is 0 Å². The van der Waals surface area contributed by atoms with Gasteiger partial charge >= 0.3 is 0 Å². The molecule has 0 atom stereocenters. The second kappa shape index (κ2) is 10.2. The highest BCUT2D eigenvalue weighted by Crippen LogP contribution is 2.14. The summed E-state index contributed by atoms with van der Waals surface area (Å²) in [5.74, 6) is -0.0157. The van der Waals surface area contributed by atoms with E-state index >= 15 is 0 Å². The van der Waals surface area contributed by atoms with Crippen molar-refractivity contribution in [2.24, 2.45) is 0 Å². The summed E-state index contributed by atoms with van der Waals surface area (Å²) in [7, 11) is 0. The predicted molar refractivity (Wildman–Crippen MR) is 95.4 cm³/mol. The third-order valence-electron chi connectivity index (χ3n) is 3.14. The van der Waals surface area contributed by atoms with Crippen LogP contribution in [0.5, 0.6) is 0 Å². The minimum absolute atomic E-state index is 0.00730. The van der Waals surface area contributed by atoms with E-state index in [-0.39, 0.29) is 18.4 Å². The van der Waals surface area contributed by atoms with E-state index in [2.05, 4.69) is 23.8 Å². The van der Waals surface area contributed by atoms with Crippen LogP contribution in [0.1, 0.15) is 19.8 Å². The summed E-state index contributed by atoms with van der Waals surface area (Å²) in [6.07, 6.45) is 4.71. The summed E-state index contributed by atoms with van der Waals surface area (Å²) in [5, 5.41) is 5.90. The van der Waals surface area contributed by atoms with E-state index in [0.717, 1.165) is 17.8 Å². The number of hydrogen-bond acceptors (Lipinski definition) is 3. The molecule has 0 bridgehead atoms. The van der Waals surface area contributed by atoms with E-state index in [0.29, 0.717) is 19.5 Å². The van der Waals surface area contributed by atoms with Crippen LogP contribution in [-0.4, -0.2) is 36.3 Å². The first-order valence-electron chi connectivity index (χ1n) is 7.74. The molecule has 0 saturated heterocycles. The molecule has 2 N–H and O–H groups in total. The molecule has 0 aliphatic rings. The largest absolute Gasteiger partial charge is 0.376 e. The maximum atomic E-state index is 12.1. The van der Waals surface area contributed by atoms with Crippen molar-refractivity contribution in [2.45, 2.75) is 19.8 Å². The molecule has 0 aliphatic heterocycles. The van der Waals surface area contributed by atoms with Crippen molar-refractivity contribution in [3.8, 4) is 0 Å². The maximum Gasteiger partial charge on any atom is 0.242 e. The second-order valence-corrected chi connectivity index (χ2v) is 5.11. The van der Waals surface area contributed by atoms with Gasteiger partial charge in [-0.3, -0.25) is 9.59 Å². The fourth-order valence-electron chi connectivity index (χ4n) is 2.00. The first-order valence-corrected chi connectivity index (χ1v) is 7.74. The third kappa shape index (κ3) is 6.82. The van der Waals surface area contributed by atoms with Crippen molar-refractivity contribution >= 4 is 23.2 Å². The number of anilines is 2. The quantitative estimate of drug-likeness (QED) is 0.652. The van der Waals surface area contributed by atoms with Gasteiger partial charge in [0.05, 0.1) is 6.54 Å². The highest BCUT2D eigenvalue weighted by Gasteiger charge is 2.10. The summed E-state index contributed by atoms with van der Waals surface area (Å²) in [4.78, 5) is 25.3. The monoisotopic (exact) mass is 315 g/mol. The molecule has 0 heterocycles. The van der Waals surface area contributed by atoms with Gasteiger partial charge in [-0.25, -0.2) is 0 Å². The Morgan fingerprint density at radius 3 is 2.17 bits per heavy atom. The number of rotatable bonds is 10. The molecular weight excluding hydrogens is 290 g/mol. The van der Waals surface area contributed by atoms with Gasteiger partial charge in [0.1, 0.15) is 0 Å². The molecule has 5 nitrogen and oxygen atoms in total. The molecule has 2 amide bonds. The molecular formula is C18H25N3O2. The van der Waals surface area contributed by atoms with Gasteiger partial charge in [0.2, 0.25) is 11.8 Å². The summed E-state index contributed by atoms with van der Waals surface area (Å²) in [5.41, 5.74) is 1.57. The summed E-state index contributed by atoms with van der Waals surface area (Å²) >= 11 is 0. The first kappa shape index (κ1) is 18.5. The molecule has 0 fully saturated rings. The van der Waals surface area contributed by atoms with Crippen molar-refractivity contribution in [1.82, 2.24) is 4.90 Å². The van der Waals surface area contributed by atoms with Crippen LogP contribution in [0.2, 0.25) is 0 Å². The molecule has 1 aromatic rings. The normalized spacial score (nSPS) is 9.78. The fraction of sp³-hybridized carbons (Fsp3) is 0.333. The van der Waals surface area contributed by atoms with Crippen LogP contribution < -0.4 is 10.6 Å². The molecule has 0 spiro atoms. The lowest BCUT2D eigenvalue weighted by Gasteiger charge is -2.19. The standard InChI is InChI=1S/C18H25N3O2/c1-4-7-17(22)20-16-10-8-15(9-11-16)19-14-18(23)21(12-5-2)13-6-3/h5-6,8-11,19H,2-4,7,12-14H2,1H3,(H,20,22). The maximum absolute atomic E-state index is 12.1. The number of carbonyl (C=O) groups excluding carboxylic acids is 2. The molecule has 5 heteroatoms. The highest BCUT2D eigenvalue weighted by molar-refractivity contribution is 5.90. The van der Waals surface area contributed by atoms with Crippen LogP contribution >= 0.6 is 0 Å². The Morgan fingerprint density at radius 1 is 1.09 bits per heavy atom. The van der Waals surface area contributed by atoms with Crippen molar-refractivity contribution in [1.29, 1.82) is 0 Å². The van der Waals surface area contributed by atoms with Crippen LogP contribution in [0.4, 0.5) is 11.4 Å². The molecule has 124 valence electrons. The van der Waals surface area contributed by atoms with E-state index in [1.165, 1.54) is 0 Å². The minimum Gasteiger partial charge on any atom is -0.376 e. The van der Waals surface area contributed by atoms with E-state index in [1.54, 1.807) is 17.1 Å². The van der Waals surface area contributed by atoms with E-state index in [9.17, 15) is 9.59 Å². The molecule has 1 rings (SSSR count). The van der Waals surface area contributed by atoms with Crippen LogP contribution in [0.15, 0.2) is 49.6 Å². The Morgan fingerprint density at radius 2 is 1.65 bits per heavy atom. The zero-order chi connectivity index (χ0) is 17.1. The lowest BCUT2D eigenvalue weighted by Crippen LogP contribution is -2.35. The van der Waals surface area contributed by atoms with Crippen molar-refractivity contribution < 1.29 is 9.59 Å². The van der Waals surface area contributed by atoms with Gasteiger partial charge in [-0.05, 0) is 30.7 Å². The molecule has 0 aliphatic carbocycles. The summed E-state index contributed by atoms with van der Waals surface area (Å²) in [6, 6.07) is 7.29. The molecule has 23 heavy (non-hydrogen) atoms. The van der Waals surface area contributed by atoms with Gasteiger partial charge in [0, 0.05) is 30.9 Å². The molecule has 1 aromatic carbocycles. The molecule has 0 radical (unpaired) electrons. The van der Waals surface area contributed by atoms with E-state index in [4.69, 9.17) is 0 Å². The Kier molecular flexibility index (Phi) is 8.21. The number of nitrogens with zero attached hydrogens (tertiary/aromatic N) is 1. The predicted octanol–water partition coefficient (Wildman–Crippen LogP) is 3.04. The smallest absolute Gasteiger partial charge is 0.242 e. The SMILES string of the molecule is C=CCN(CC=C)C(=O)CNc1ccc(NC(=O)CCC)cc1. The van der Waals surface area contributed by atoms with Gasteiger partial charge in [-0.1, -0.05) is 19.1 Å².